The van der Waals surface area contributed by atoms with Gasteiger partial charge in [0.05, 0.1) is 17.3 Å². The first kappa shape index (κ1) is 13.6. The van der Waals surface area contributed by atoms with Crippen LogP contribution in [-0.4, -0.2) is 10.1 Å². The number of rotatable bonds is 6. The van der Waals surface area contributed by atoms with E-state index in [0.29, 0.717) is 0 Å². The predicted molar refractivity (Wildman–Crippen MR) is 78.0 cm³/mol. The molecular formula is C14H17NOS2. The zero-order valence-corrected chi connectivity index (χ0v) is 12.1. The molecule has 0 atom stereocenters. The first-order valence-electron chi connectivity index (χ1n) is 6.07. The molecule has 1 heterocycles. The summed E-state index contributed by atoms with van der Waals surface area (Å²) in [5.41, 5.74) is 2.12. The van der Waals surface area contributed by atoms with Crippen LogP contribution in [0.15, 0.2) is 34.5 Å². The summed E-state index contributed by atoms with van der Waals surface area (Å²) >= 11 is 3.54. The van der Waals surface area contributed by atoms with Crippen molar-refractivity contribution in [2.45, 2.75) is 37.0 Å². The normalized spacial score (nSPS) is 10.8. The lowest BCUT2D eigenvalue weighted by Gasteiger charge is -2.01. The van der Waals surface area contributed by atoms with Crippen molar-refractivity contribution in [2.75, 3.05) is 0 Å². The Morgan fingerprint density at radius 3 is 2.72 bits per heavy atom. The molecule has 0 radical (unpaired) electrons. The summed E-state index contributed by atoms with van der Waals surface area (Å²) in [5, 5.41) is 12.4. The molecule has 96 valence electrons. The van der Waals surface area contributed by atoms with Crippen LogP contribution in [0.1, 0.15) is 29.6 Å². The van der Waals surface area contributed by atoms with Crippen molar-refractivity contribution in [1.82, 2.24) is 4.98 Å². The second-order valence-corrected chi connectivity index (χ2v) is 6.06. The van der Waals surface area contributed by atoms with Gasteiger partial charge in [0.25, 0.3) is 0 Å². The Morgan fingerprint density at radius 2 is 2.06 bits per heavy atom. The highest BCUT2D eigenvalue weighted by Crippen LogP contribution is 2.24. The quantitative estimate of drug-likeness (QED) is 0.815. The smallest absolute Gasteiger partial charge is 0.0928 e. The van der Waals surface area contributed by atoms with Gasteiger partial charge in [-0.25, -0.2) is 4.98 Å². The topological polar surface area (TPSA) is 33.1 Å². The molecule has 0 amide bonds. The number of aliphatic hydroxyl groups is 1. The molecule has 2 rings (SSSR count). The molecule has 1 aromatic carbocycles. The molecule has 2 nitrogen and oxygen atoms in total. The van der Waals surface area contributed by atoms with Gasteiger partial charge in [0.15, 0.2) is 0 Å². The maximum atomic E-state index is 8.97. The van der Waals surface area contributed by atoms with Gasteiger partial charge in [-0.3, -0.25) is 0 Å². The fraction of sp³-hybridized carbons (Fsp3) is 0.357. The van der Waals surface area contributed by atoms with Crippen molar-refractivity contribution in [3.63, 3.8) is 0 Å². The van der Waals surface area contributed by atoms with E-state index in [9.17, 15) is 0 Å². The van der Waals surface area contributed by atoms with Crippen molar-refractivity contribution in [1.29, 1.82) is 0 Å². The van der Waals surface area contributed by atoms with Crippen molar-refractivity contribution in [3.8, 4) is 0 Å². The molecule has 2 aromatic rings. The second-order valence-electron chi connectivity index (χ2n) is 4.07. The van der Waals surface area contributed by atoms with E-state index >= 15 is 0 Å². The van der Waals surface area contributed by atoms with Crippen LogP contribution in [-0.2, 0) is 18.8 Å². The predicted octanol–water partition coefficient (Wildman–Crippen LogP) is 3.88. The van der Waals surface area contributed by atoms with E-state index in [1.54, 1.807) is 23.1 Å². The third kappa shape index (κ3) is 3.83. The van der Waals surface area contributed by atoms with E-state index in [2.05, 4.69) is 29.4 Å². The third-order valence-electron chi connectivity index (χ3n) is 2.56. The summed E-state index contributed by atoms with van der Waals surface area (Å²) < 4.78 is 0. The maximum absolute atomic E-state index is 8.97. The van der Waals surface area contributed by atoms with Crippen molar-refractivity contribution in [3.05, 3.63) is 45.9 Å². The number of aliphatic hydroxyl groups excluding tert-OH is 1. The van der Waals surface area contributed by atoms with Gasteiger partial charge < -0.3 is 5.11 Å². The Labute approximate surface area is 116 Å². The number of aromatic nitrogens is 1. The molecule has 0 saturated carbocycles. The van der Waals surface area contributed by atoms with E-state index in [0.717, 1.165) is 24.2 Å². The zero-order valence-electron chi connectivity index (χ0n) is 10.4. The van der Waals surface area contributed by atoms with Crippen LogP contribution in [0.4, 0.5) is 0 Å². The molecule has 0 aliphatic carbocycles. The van der Waals surface area contributed by atoms with Crippen molar-refractivity contribution < 1.29 is 5.11 Å². The molecule has 0 aliphatic heterocycles. The standard InChI is InChI=1S/C14H17NOS2/c1-2-3-14-15-12(10-18-14)9-17-13-6-4-11(8-16)5-7-13/h4-7,10,16H,2-3,8-9H2,1H3. The van der Waals surface area contributed by atoms with E-state index in [-0.39, 0.29) is 6.61 Å². The third-order valence-corrected chi connectivity index (χ3v) is 4.56. The van der Waals surface area contributed by atoms with E-state index in [1.165, 1.54) is 15.6 Å². The number of hydrogen-bond acceptors (Lipinski definition) is 4. The lowest BCUT2D eigenvalue weighted by Crippen LogP contribution is -1.85. The van der Waals surface area contributed by atoms with Crippen LogP contribution >= 0.6 is 23.1 Å². The average molecular weight is 279 g/mol. The van der Waals surface area contributed by atoms with Crippen LogP contribution in [0, 0.1) is 0 Å². The molecule has 0 bridgehead atoms. The molecule has 0 unspecified atom stereocenters. The minimum absolute atomic E-state index is 0.109. The summed E-state index contributed by atoms with van der Waals surface area (Å²) in [5.74, 6) is 0.915. The number of thioether (sulfide) groups is 1. The summed E-state index contributed by atoms with van der Waals surface area (Å²) in [6.45, 7) is 2.29. The lowest BCUT2D eigenvalue weighted by molar-refractivity contribution is 0.282. The average Bonchev–Trinajstić information content (AvgIpc) is 2.85. The Bertz CT molecular complexity index is 479. The van der Waals surface area contributed by atoms with Crippen LogP contribution in [0.25, 0.3) is 0 Å². The van der Waals surface area contributed by atoms with Gasteiger partial charge in [-0.1, -0.05) is 19.1 Å². The van der Waals surface area contributed by atoms with E-state index in [4.69, 9.17) is 5.11 Å². The Balaban J connectivity index is 1.89. The summed E-state index contributed by atoms with van der Waals surface area (Å²) in [7, 11) is 0. The van der Waals surface area contributed by atoms with Gasteiger partial charge in [0, 0.05) is 16.0 Å². The Hall–Kier alpha value is -0.840. The first-order chi connectivity index (χ1) is 8.81. The van der Waals surface area contributed by atoms with Crippen LogP contribution in [0.5, 0.6) is 0 Å². The number of aryl methyl sites for hydroxylation is 1. The number of thiazole rings is 1. The maximum Gasteiger partial charge on any atom is 0.0928 e. The fourth-order valence-corrected chi connectivity index (χ4v) is 3.39. The van der Waals surface area contributed by atoms with E-state index < -0.39 is 0 Å². The Morgan fingerprint density at radius 1 is 1.28 bits per heavy atom. The minimum atomic E-state index is 0.109. The summed E-state index contributed by atoms with van der Waals surface area (Å²) in [6.07, 6.45) is 2.24. The molecule has 18 heavy (non-hydrogen) atoms. The summed E-state index contributed by atoms with van der Waals surface area (Å²) in [4.78, 5) is 5.83. The molecule has 0 saturated heterocycles. The highest BCUT2D eigenvalue weighted by Gasteiger charge is 2.02. The largest absolute Gasteiger partial charge is 0.392 e. The first-order valence-corrected chi connectivity index (χ1v) is 7.94. The molecule has 0 fully saturated rings. The van der Waals surface area contributed by atoms with Crippen LogP contribution in [0.3, 0.4) is 0 Å². The monoisotopic (exact) mass is 279 g/mol. The second kappa shape index (κ2) is 6.92. The van der Waals surface area contributed by atoms with Gasteiger partial charge in [-0.05, 0) is 30.5 Å². The fourth-order valence-electron chi connectivity index (χ4n) is 1.59. The summed E-state index contributed by atoms with van der Waals surface area (Å²) in [6, 6.07) is 8.03. The molecule has 1 N–H and O–H groups in total. The SMILES string of the molecule is CCCc1nc(CSc2ccc(CO)cc2)cs1. The molecular weight excluding hydrogens is 262 g/mol. The Kier molecular flexibility index (Phi) is 5.23. The van der Waals surface area contributed by atoms with Gasteiger partial charge >= 0.3 is 0 Å². The zero-order chi connectivity index (χ0) is 12.8. The molecule has 4 heteroatoms. The molecule has 1 aromatic heterocycles. The molecule has 0 aliphatic rings. The van der Waals surface area contributed by atoms with Gasteiger partial charge in [-0.15, -0.1) is 23.1 Å². The van der Waals surface area contributed by atoms with Gasteiger partial charge in [0.2, 0.25) is 0 Å². The number of benzene rings is 1. The number of nitrogens with zero attached hydrogens (tertiary/aromatic N) is 1. The highest BCUT2D eigenvalue weighted by atomic mass is 32.2. The van der Waals surface area contributed by atoms with Crippen LogP contribution < -0.4 is 0 Å². The minimum Gasteiger partial charge on any atom is -0.392 e. The van der Waals surface area contributed by atoms with Gasteiger partial charge in [-0.2, -0.15) is 0 Å². The van der Waals surface area contributed by atoms with Crippen molar-refractivity contribution >= 4 is 23.1 Å². The lowest BCUT2D eigenvalue weighted by atomic mass is 10.2. The van der Waals surface area contributed by atoms with Gasteiger partial charge in [0.1, 0.15) is 0 Å². The molecule has 0 spiro atoms. The highest BCUT2D eigenvalue weighted by molar-refractivity contribution is 7.98. The van der Waals surface area contributed by atoms with E-state index in [1.807, 2.05) is 12.1 Å². The van der Waals surface area contributed by atoms with Crippen LogP contribution in [0.2, 0.25) is 0 Å². The van der Waals surface area contributed by atoms with Crippen molar-refractivity contribution in [2.24, 2.45) is 0 Å². The number of hydrogen-bond donors (Lipinski definition) is 1.